The minimum absolute atomic E-state index is 0. The zero-order valence-corrected chi connectivity index (χ0v) is 61.2. The molecule has 22 heteroatoms. The van der Waals surface area contributed by atoms with E-state index in [-0.39, 0.29) is 51.7 Å². The van der Waals surface area contributed by atoms with Crippen LogP contribution in [0.1, 0.15) is 242 Å². The number of nitrogens with one attached hydrogen (secondary N) is 3. The van der Waals surface area contributed by atoms with Crippen molar-refractivity contribution in [3.8, 4) is 23.0 Å². The smallest absolute Gasteiger partial charge is 0.225 e. The van der Waals surface area contributed by atoms with Crippen LogP contribution in [0.4, 0.5) is 23.5 Å². The van der Waals surface area contributed by atoms with E-state index < -0.39 is 0 Å². The van der Waals surface area contributed by atoms with Crippen LogP contribution in [0.25, 0.3) is 0 Å². The van der Waals surface area contributed by atoms with Crippen molar-refractivity contribution in [3.63, 3.8) is 0 Å². The molecule has 8 rings (SSSR count). The fourth-order valence-electron chi connectivity index (χ4n) is 11.5. The van der Waals surface area contributed by atoms with E-state index in [0.29, 0.717) is 49.4 Å². The van der Waals surface area contributed by atoms with Crippen molar-refractivity contribution in [1.29, 1.82) is 0 Å². The highest BCUT2D eigenvalue weighted by Crippen LogP contribution is 2.35. The molecule has 0 unspecified atom stereocenters. The molecule has 94 heavy (non-hydrogen) atoms. The van der Waals surface area contributed by atoms with Gasteiger partial charge in [0.05, 0.1) is 45.5 Å². The van der Waals surface area contributed by atoms with E-state index in [1.54, 1.807) is 49.2 Å². The molecule has 3 heterocycles. The maximum atomic E-state index is 11.7. The number of methoxy groups -OCH3 is 4. The largest absolute Gasteiger partial charge is 0.497 e. The SMILES string of the molecule is CCCC[C@@](C)(N)CCC(C)=O.CCCC[C@](C)(CCC(C)=O)Nc1nc(N)nc2c1CCCC2.CCCC[C@](C)(CCC(C)=O)Nc1nc(NCc2ccc(OC)cc2OC)nc2c1CCCC2.COc1ccc(CN)c(OC)c1.Cl.Clc1nc(Cl)c2c(n1)CCCC2. The van der Waals surface area contributed by atoms with Crippen molar-refractivity contribution in [2.45, 2.75) is 265 Å². The second-order valence-corrected chi connectivity index (χ2v) is 26.6. The second-order valence-electron chi connectivity index (χ2n) is 25.9. The number of hydrogen-bond acceptors (Lipinski definition) is 19. The van der Waals surface area contributed by atoms with Gasteiger partial charge in [-0.3, -0.25) is 0 Å². The van der Waals surface area contributed by atoms with Gasteiger partial charge < -0.3 is 66.5 Å². The number of halogens is 3. The molecule has 0 amide bonds. The van der Waals surface area contributed by atoms with Crippen LogP contribution in [0.15, 0.2) is 36.4 Å². The number of fused-ring (bicyclic) bond motifs is 3. The van der Waals surface area contributed by atoms with Crippen LogP contribution >= 0.6 is 35.6 Å². The highest BCUT2D eigenvalue weighted by molar-refractivity contribution is 6.32. The number of rotatable bonds is 30. The number of hydrogen-bond donors (Lipinski definition) is 6. The van der Waals surface area contributed by atoms with Crippen molar-refractivity contribution >= 4 is 76.5 Å². The summed E-state index contributed by atoms with van der Waals surface area (Å²) < 4.78 is 21.0. The third-order valence-electron chi connectivity index (χ3n) is 17.3. The van der Waals surface area contributed by atoms with Gasteiger partial charge in [0.2, 0.25) is 17.2 Å². The third-order valence-corrected chi connectivity index (χ3v) is 17.8. The Morgan fingerprint density at radius 1 is 0.532 bits per heavy atom. The number of nitrogen functional groups attached to an aromatic ring is 1. The minimum Gasteiger partial charge on any atom is -0.497 e. The van der Waals surface area contributed by atoms with Gasteiger partial charge in [-0.15, -0.1) is 12.4 Å². The first-order valence-electron chi connectivity index (χ1n) is 33.8. The van der Waals surface area contributed by atoms with Crippen LogP contribution in [0.3, 0.4) is 0 Å². The minimum atomic E-state index is -0.183. The average molecular weight is 1370 g/mol. The van der Waals surface area contributed by atoms with Crippen molar-refractivity contribution in [2.75, 3.05) is 50.1 Å². The first kappa shape index (κ1) is 82.1. The van der Waals surface area contributed by atoms with Crippen LogP contribution in [-0.2, 0) is 66.0 Å². The maximum absolute atomic E-state index is 11.7. The summed E-state index contributed by atoms with van der Waals surface area (Å²) in [6, 6.07) is 11.4. The highest BCUT2D eigenvalue weighted by atomic mass is 35.5. The number of ketones is 3. The quantitative estimate of drug-likeness (QED) is 0.0184. The highest BCUT2D eigenvalue weighted by Gasteiger charge is 2.30. The Hall–Kier alpha value is -6.12. The predicted octanol–water partition coefficient (Wildman–Crippen LogP) is 15.9. The lowest BCUT2D eigenvalue weighted by Gasteiger charge is -2.33. The van der Waals surface area contributed by atoms with Gasteiger partial charge in [-0.2, -0.15) is 9.97 Å². The van der Waals surface area contributed by atoms with Crippen LogP contribution < -0.4 is 52.1 Å². The molecule has 0 aliphatic heterocycles. The Balaban J connectivity index is 0.000000330. The number of nitrogens with two attached hydrogens (primary N) is 3. The normalized spacial score (nSPS) is 14.6. The van der Waals surface area contributed by atoms with Crippen molar-refractivity contribution < 1.29 is 33.3 Å². The summed E-state index contributed by atoms with van der Waals surface area (Å²) in [5, 5.41) is 11.6. The maximum Gasteiger partial charge on any atom is 0.225 e. The van der Waals surface area contributed by atoms with Gasteiger partial charge in [0.15, 0.2) is 0 Å². The molecule has 3 aliphatic rings. The zero-order chi connectivity index (χ0) is 68.6. The summed E-state index contributed by atoms with van der Waals surface area (Å²) in [7, 11) is 6.55. The van der Waals surface area contributed by atoms with Crippen LogP contribution in [0, 0.1) is 0 Å². The number of carbonyl (C=O) groups is 3. The molecule has 0 bridgehead atoms. The van der Waals surface area contributed by atoms with E-state index in [9.17, 15) is 14.4 Å². The van der Waals surface area contributed by atoms with Crippen molar-refractivity contribution in [2.24, 2.45) is 11.5 Å². The van der Waals surface area contributed by atoms with Crippen molar-refractivity contribution in [3.05, 3.63) is 91.7 Å². The van der Waals surface area contributed by atoms with E-state index in [2.05, 4.69) is 70.5 Å². The Kier molecular flexibility index (Phi) is 37.1. The molecular formula is C72H113Cl3N12O7. The Morgan fingerprint density at radius 3 is 1.43 bits per heavy atom. The van der Waals surface area contributed by atoms with Gasteiger partial charge in [-0.1, -0.05) is 77.0 Å². The molecule has 5 aromatic rings. The number of carbonyl (C=O) groups excluding carboxylic acids is 3. The number of Topliss-reactive ketones (excluding diaryl/α,β-unsaturated/α-hetero) is 3. The lowest BCUT2D eigenvalue weighted by atomic mass is 9.88. The summed E-state index contributed by atoms with van der Waals surface area (Å²) in [5.41, 5.74) is 25.7. The van der Waals surface area contributed by atoms with Gasteiger partial charge in [-0.05, 0) is 187 Å². The van der Waals surface area contributed by atoms with E-state index >= 15 is 0 Å². The first-order valence-corrected chi connectivity index (χ1v) is 34.6. The first-order chi connectivity index (χ1) is 44.4. The van der Waals surface area contributed by atoms with Crippen molar-refractivity contribution in [1.82, 2.24) is 29.9 Å². The Morgan fingerprint density at radius 2 is 0.957 bits per heavy atom. The van der Waals surface area contributed by atoms with E-state index in [0.717, 1.165) is 190 Å². The molecule has 2 aromatic carbocycles. The van der Waals surface area contributed by atoms with Gasteiger partial charge >= 0.3 is 0 Å². The molecule has 3 atom stereocenters. The number of anilines is 4. The Labute approximate surface area is 578 Å². The molecule has 0 fully saturated rings. The standard InChI is InChI=1S/C27H40N4O3.C18H30N4O.C10H21NO.C9H13NO2.C8H8Cl2N2.ClH/c1-6-7-15-27(3,16-14-19(2)32)31-25-22-10-8-9-11-23(22)29-26(30-25)28-18-20-12-13-21(33-4)17-24(20)34-5;1-4-5-11-18(3,12-10-13(2)23)22-16-14-8-6-7-9-15(14)20-17(19)21-16;1-4-5-7-10(3,11)8-6-9(2)12;1-11-8-4-3-7(6-10)9(5-8)12-2;9-7-5-3-1-2-4-6(5)11-8(10)12-7;/h12-13,17H,6-11,14-16,18H2,1-5H3,(H2,28,29,30,31);4-12H2,1-3H3,(H3,19,20,21,22);4-8,11H2,1-3H3;3-5H,6,10H2,1-2H3;1-4H2;1H/t27-;18-;10-;;;/m111.../s1. The summed E-state index contributed by atoms with van der Waals surface area (Å²) in [6.07, 6.45) is 27.0. The molecule has 9 N–H and O–H groups in total. The third kappa shape index (κ3) is 28.7. The van der Waals surface area contributed by atoms with Crippen LogP contribution in [0.5, 0.6) is 23.0 Å². The number of nitrogens with zero attached hydrogens (tertiary/aromatic N) is 6. The van der Waals surface area contributed by atoms with Gasteiger partial charge in [-0.25, -0.2) is 19.9 Å². The zero-order valence-electron chi connectivity index (χ0n) is 58.9. The monoisotopic (exact) mass is 1360 g/mol. The number of ether oxygens (including phenoxy) is 4. The number of aryl methyl sites for hydroxylation is 3. The molecule has 0 saturated heterocycles. The van der Waals surface area contributed by atoms with Gasteiger partial charge in [0, 0.05) is 88.9 Å². The average Bonchev–Trinajstić information content (AvgIpc) is 0.856. The summed E-state index contributed by atoms with van der Waals surface area (Å²) in [6.45, 7) is 19.0. The lowest BCUT2D eigenvalue weighted by Crippen LogP contribution is -2.36. The molecule has 0 radical (unpaired) electrons. The fraction of sp³-hybridized carbons (Fsp3) is 0.625. The van der Waals surface area contributed by atoms with Gasteiger partial charge in [0.25, 0.3) is 0 Å². The Bertz CT molecular complexity index is 3140. The topological polar surface area (TPSA) is 280 Å². The molecule has 3 aliphatic carbocycles. The summed E-state index contributed by atoms with van der Waals surface area (Å²) >= 11 is 11.6. The molecule has 19 nitrogen and oxygen atoms in total. The van der Waals surface area contributed by atoms with Crippen LogP contribution in [0.2, 0.25) is 10.4 Å². The molecule has 3 aromatic heterocycles. The fourth-order valence-corrected chi connectivity index (χ4v) is 12.0. The lowest BCUT2D eigenvalue weighted by molar-refractivity contribution is -0.118. The summed E-state index contributed by atoms with van der Waals surface area (Å²) in [5.74, 6) is 6.54. The van der Waals surface area contributed by atoms with E-state index in [1.807, 2.05) is 43.3 Å². The van der Waals surface area contributed by atoms with E-state index in [4.69, 9.17) is 69.3 Å². The molecule has 0 spiro atoms. The van der Waals surface area contributed by atoms with Crippen LogP contribution in [-0.4, -0.2) is 92.3 Å². The number of aromatic nitrogens is 6. The molecular weight excluding hydrogens is 1250 g/mol. The number of benzene rings is 2. The predicted molar refractivity (Wildman–Crippen MR) is 387 cm³/mol. The second kappa shape index (κ2) is 42.4. The molecule has 0 saturated carbocycles. The summed E-state index contributed by atoms with van der Waals surface area (Å²) in [4.78, 5) is 60.6. The number of unbranched alkanes of at least 4 members (excludes halogenated alkanes) is 3. The van der Waals surface area contributed by atoms with E-state index in [1.165, 1.54) is 43.2 Å². The molecule has 524 valence electrons. The van der Waals surface area contributed by atoms with Gasteiger partial charge in [0.1, 0.15) is 57.1 Å².